The number of rotatable bonds is 6. The van der Waals surface area contributed by atoms with Crippen LogP contribution in [0.15, 0.2) is 54.6 Å². The first-order valence-corrected chi connectivity index (χ1v) is 9.19. The minimum Gasteiger partial charge on any atom is -0.497 e. The number of benzene rings is 3. The van der Waals surface area contributed by atoms with Crippen LogP contribution in [-0.4, -0.2) is 24.1 Å². The highest BCUT2D eigenvalue weighted by molar-refractivity contribution is 6.42. The van der Waals surface area contributed by atoms with Gasteiger partial charge in [0.2, 0.25) is 0 Å². The van der Waals surface area contributed by atoms with Gasteiger partial charge in [-0.3, -0.25) is 4.79 Å². The monoisotopic (exact) mass is 449 g/mol. The minimum absolute atomic E-state index is 0.00179. The van der Waals surface area contributed by atoms with Crippen molar-refractivity contribution in [3.63, 3.8) is 0 Å². The Hall–Kier alpha value is -3.29. The van der Waals surface area contributed by atoms with E-state index in [2.05, 4.69) is 5.32 Å². The first kappa shape index (κ1) is 21.4. The fourth-order valence-electron chi connectivity index (χ4n) is 2.49. The van der Waals surface area contributed by atoms with Crippen molar-refractivity contribution in [1.82, 2.24) is 0 Å². The Morgan fingerprint density at radius 3 is 2.23 bits per heavy atom. The third kappa shape index (κ3) is 4.82. The molecule has 3 rings (SSSR count). The maximum Gasteiger partial charge on any atom is 0.335 e. The lowest BCUT2D eigenvalue weighted by Crippen LogP contribution is -2.13. The van der Waals surface area contributed by atoms with Crippen molar-refractivity contribution >= 4 is 40.8 Å². The smallest absolute Gasteiger partial charge is 0.335 e. The van der Waals surface area contributed by atoms with Crippen molar-refractivity contribution in [1.29, 1.82) is 0 Å². The Morgan fingerprint density at radius 2 is 1.63 bits per heavy atom. The largest absolute Gasteiger partial charge is 0.497 e. The quantitative estimate of drug-likeness (QED) is 0.490. The molecule has 0 unspecified atom stereocenters. The lowest BCUT2D eigenvalue weighted by molar-refractivity contribution is 0.0696. The predicted molar refractivity (Wildman–Crippen MR) is 111 cm³/mol. The molecule has 0 bridgehead atoms. The van der Waals surface area contributed by atoms with Crippen molar-refractivity contribution in [2.45, 2.75) is 0 Å². The molecule has 0 saturated carbocycles. The minimum atomic E-state index is -1.09. The third-order valence-electron chi connectivity index (χ3n) is 4.02. The topological polar surface area (TPSA) is 84.9 Å². The first-order valence-electron chi connectivity index (χ1n) is 8.43. The second kappa shape index (κ2) is 9.02. The number of aromatic carboxylic acids is 1. The van der Waals surface area contributed by atoms with Crippen molar-refractivity contribution in [2.24, 2.45) is 0 Å². The molecule has 0 heterocycles. The van der Waals surface area contributed by atoms with Gasteiger partial charge in [-0.2, -0.15) is 0 Å². The number of halogens is 3. The molecule has 0 aliphatic heterocycles. The van der Waals surface area contributed by atoms with Crippen molar-refractivity contribution in [3.8, 4) is 17.2 Å². The van der Waals surface area contributed by atoms with E-state index in [9.17, 15) is 14.0 Å². The molecule has 0 aliphatic rings. The molecule has 1 amide bonds. The van der Waals surface area contributed by atoms with Crippen molar-refractivity contribution in [3.05, 3.63) is 81.6 Å². The SMILES string of the molecule is COc1ccc(Oc2cc(Cl)c(Cl)cc2C(=O)Nc2ccc(C(=O)O)cc2)c(F)c1. The van der Waals surface area contributed by atoms with Gasteiger partial charge in [-0.05, 0) is 42.5 Å². The summed E-state index contributed by atoms with van der Waals surface area (Å²) in [7, 11) is 1.40. The van der Waals surface area contributed by atoms with Gasteiger partial charge >= 0.3 is 5.97 Å². The number of carbonyl (C=O) groups is 2. The number of amides is 1. The van der Waals surface area contributed by atoms with E-state index >= 15 is 0 Å². The van der Waals surface area contributed by atoms with Gasteiger partial charge in [-0.1, -0.05) is 23.2 Å². The summed E-state index contributed by atoms with van der Waals surface area (Å²) in [5.41, 5.74) is 0.418. The summed E-state index contributed by atoms with van der Waals surface area (Å²) in [4.78, 5) is 23.7. The molecule has 9 heteroatoms. The van der Waals surface area contributed by atoms with Crippen LogP contribution in [0, 0.1) is 5.82 Å². The summed E-state index contributed by atoms with van der Waals surface area (Å²) in [6.07, 6.45) is 0. The Bertz CT molecular complexity index is 1120. The number of nitrogens with one attached hydrogen (secondary N) is 1. The molecule has 0 saturated heterocycles. The Morgan fingerprint density at radius 1 is 0.967 bits per heavy atom. The van der Waals surface area contributed by atoms with Gasteiger partial charge in [-0.15, -0.1) is 0 Å². The lowest BCUT2D eigenvalue weighted by Gasteiger charge is -2.14. The standard InChI is InChI=1S/C21H14Cl2FNO5/c1-29-13-6-7-18(17(24)8-13)30-19-10-16(23)15(22)9-14(19)20(26)25-12-4-2-11(3-5-12)21(27)28/h2-10H,1H3,(H,25,26)(H,27,28). The van der Waals surface area contributed by atoms with Crippen LogP contribution >= 0.6 is 23.2 Å². The molecule has 0 aliphatic carbocycles. The van der Waals surface area contributed by atoms with Crippen LogP contribution in [-0.2, 0) is 0 Å². The summed E-state index contributed by atoms with van der Waals surface area (Å²) in [6.45, 7) is 0. The molecule has 0 atom stereocenters. The van der Waals surface area contributed by atoms with Gasteiger partial charge in [0.1, 0.15) is 11.5 Å². The van der Waals surface area contributed by atoms with E-state index in [4.69, 9.17) is 37.8 Å². The predicted octanol–water partition coefficient (Wildman–Crippen LogP) is 5.88. The zero-order valence-corrected chi connectivity index (χ0v) is 16.9. The molecule has 0 radical (unpaired) electrons. The molecule has 0 spiro atoms. The Kier molecular flexibility index (Phi) is 6.44. The average molecular weight is 450 g/mol. The Labute approximate surface area is 180 Å². The summed E-state index contributed by atoms with van der Waals surface area (Å²) in [5.74, 6) is -2.26. The first-order chi connectivity index (χ1) is 14.3. The molecule has 154 valence electrons. The van der Waals surface area contributed by atoms with E-state index in [1.807, 2.05) is 0 Å². The molecule has 30 heavy (non-hydrogen) atoms. The zero-order valence-electron chi connectivity index (χ0n) is 15.4. The van der Waals surface area contributed by atoms with Crippen LogP contribution in [0.25, 0.3) is 0 Å². The number of hydrogen-bond donors (Lipinski definition) is 2. The number of hydrogen-bond acceptors (Lipinski definition) is 4. The summed E-state index contributed by atoms with van der Waals surface area (Å²) in [6, 6.07) is 12.1. The molecule has 3 aromatic carbocycles. The maximum absolute atomic E-state index is 14.3. The van der Waals surface area contributed by atoms with Crippen LogP contribution in [0.3, 0.4) is 0 Å². The molecule has 0 fully saturated rings. The molecule has 3 aromatic rings. The van der Waals surface area contributed by atoms with Crippen molar-refractivity contribution in [2.75, 3.05) is 12.4 Å². The van der Waals surface area contributed by atoms with Crippen molar-refractivity contribution < 1.29 is 28.6 Å². The van der Waals surface area contributed by atoms with Crippen LogP contribution in [0.1, 0.15) is 20.7 Å². The van der Waals surface area contributed by atoms with Gasteiger partial charge in [0, 0.05) is 17.8 Å². The van der Waals surface area contributed by atoms with E-state index in [-0.39, 0.29) is 32.7 Å². The third-order valence-corrected chi connectivity index (χ3v) is 4.74. The van der Waals surface area contributed by atoms with Crippen LogP contribution in [0.4, 0.5) is 10.1 Å². The summed E-state index contributed by atoms with van der Waals surface area (Å²) >= 11 is 12.1. The van der Waals surface area contributed by atoms with Gasteiger partial charge in [0.05, 0.1) is 28.3 Å². The lowest BCUT2D eigenvalue weighted by atomic mass is 10.1. The number of anilines is 1. The number of methoxy groups -OCH3 is 1. The normalized spacial score (nSPS) is 10.4. The van der Waals surface area contributed by atoms with Crippen LogP contribution < -0.4 is 14.8 Å². The molecular weight excluding hydrogens is 436 g/mol. The van der Waals surface area contributed by atoms with Gasteiger partial charge < -0.3 is 19.9 Å². The number of carboxylic acids is 1. The molecular formula is C21H14Cl2FNO5. The van der Waals surface area contributed by atoms with Gasteiger partial charge in [0.25, 0.3) is 5.91 Å². The fourth-order valence-corrected chi connectivity index (χ4v) is 2.81. The van der Waals surface area contributed by atoms with E-state index in [0.29, 0.717) is 11.4 Å². The second-order valence-electron chi connectivity index (χ2n) is 6.00. The number of ether oxygens (including phenoxy) is 2. The fraction of sp³-hybridized carbons (Fsp3) is 0.0476. The average Bonchev–Trinajstić information content (AvgIpc) is 2.72. The van der Waals surface area contributed by atoms with Crippen LogP contribution in [0.5, 0.6) is 17.2 Å². The van der Waals surface area contributed by atoms with E-state index < -0.39 is 17.7 Å². The highest BCUT2D eigenvalue weighted by atomic mass is 35.5. The summed E-state index contributed by atoms with van der Waals surface area (Å²) in [5, 5.41) is 11.8. The zero-order chi connectivity index (χ0) is 21.8. The molecule has 2 N–H and O–H groups in total. The maximum atomic E-state index is 14.3. The van der Waals surface area contributed by atoms with E-state index in [1.54, 1.807) is 0 Å². The number of carbonyl (C=O) groups excluding carboxylic acids is 1. The Balaban J connectivity index is 1.91. The van der Waals surface area contributed by atoms with E-state index in [0.717, 1.165) is 6.07 Å². The second-order valence-corrected chi connectivity index (χ2v) is 6.81. The van der Waals surface area contributed by atoms with Crippen LogP contribution in [0.2, 0.25) is 10.0 Å². The summed E-state index contributed by atoms with van der Waals surface area (Å²) < 4.78 is 24.8. The van der Waals surface area contributed by atoms with Gasteiger partial charge in [-0.25, -0.2) is 9.18 Å². The number of carboxylic acid groups (broad SMARTS) is 1. The highest BCUT2D eigenvalue weighted by Crippen LogP contribution is 2.35. The van der Waals surface area contributed by atoms with E-state index in [1.165, 1.54) is 55.6 Å². The van der Waals surface area contributed by atoms with Gasteiger partial charge in [0.15, 0.2) is 11.6 Å². The molecule has 6 nitrogen and oxygen atoms in total. The molecule has 0 aromatic heterocycles. The highest BCUT2D eigenvalue weighted by Gasteiger charge is 2.18.